The maximum Gasteiger partial charge on any atom is -0.0266 e. The lowest BCUT2D eigenvalue weighted by Crippen LogP contribution is -2.38. The molecule has 0 aromatic carbocycles. The average Bonchev–Trinajstić information content (AvgIpc) is 3.09. The smallest absolute Gasteiger partial charge is 0.0266 e. The van der Waals surface area contributed by atoms with Gasteiger partial charge >= 0.3 is 0 Å². The zero-order valence-electron chi connectivity index (χ0n) is 14.6. The molecule has 2 aliphatic carbocycles. The highest BCUT2D eigenvalue weighted by Crippen LogP contribution is 2.66. The Kier molecular flexibility index (Phi) is 5.99. The molecule has 0 aromatic rings. The molecule has 0 nitrogen and oxygen atoms in total. The van der Waals surface area contributed by atoms with Crippen LogP contribution in [0, 0.1) is 29.1 Å². The molecule has 0 bridgehead atoms. The van der Waals surface area contributed by atoms with Crippen LogP contribution >= 0.6 is 0 Å². The second kappa shape index (κ2) is 7.32. The second-order valence-corrected chi connectivity index (χ2v) is 8.26. The van der Waals surface area contributed by atoms with Crippen LogP contribution in [-0.2, 0) is 0 Å². The minimum absolute atomic E-state index is 0.726. The lowest BCUT2D eigenvalue weighted by molar-refractivity contribution is 0.0288. The van der Waals surface area contributed by atoms with Gasteiger partial charge in [-0.1, -0.05) is 79.1 Å². The van der Waals surface area contributed by atoms with Gasteiger partial charge in [0.2, 0.25) is 0 Å². The van der Waals surface area contributed by atoms with Gasteiger partial charge < -0.3 is 0 Å². The number of unbranched alkanes of at least 4 members (excludes halogenated alkanes) is 7. The van der Waals surface area contributed by atoms with Crippen LogP contribution < -0.4 is 0 Å². The predicted molar refractivity (Wildman–Crippen MR) is 89.9 cm³/mol. The largest absolute Gasteiger partial charge is 0.0654 e. The van der Waals surface area contributed by atoms with Crippen LogP contribution in [0.3, 0.4) is 0 Å². The van der Waals surface area contributed by atoms with Gasteiger partial charge in [0, 0.05) is 0 Å². The van der Waals surface area contributed by atoms with E-state index in [0.29, 0.717) is 0 Å². The van der Waals surface area contributed by atoms with E-state index in [1.54, 1.807) is 0 Å². The number of hydrogen-bond donors (Lipinski definition) is 0. The van der Waals surface area contributed by atoms with Crippen molar-refractivity contribution in [3.05, 3.63) is 0 Å². The van der Waals surface area contributed by atoms with Gasteiger partial charge in [-0.15, -0.1) is 0 Å². The monoisotopic (exact) mass is 278 g/mol. The molecule has 5 unspecified atom stereocenters. The van der Waals surface area contributed by atoms with E-state index in [1.165, 1.54) is 70.6 Å². The van der Waals surface area contributed by atoms with E-state index in [2.05, 4.69) is 27.7 Å². The summed E-state index contributed by atoms with van der Waals surface area (Å²) in [6.45, 7) is 9.89. The van der Waals surface area contributed by atoms with Crippen molar-refractivity contribution in [2.75, 3.05) is 0 Å². The molecule has 2 rings (SSSR count). The topological polar surface area (TPSA) is 0 Å². The molecule has 2 saturated carbocycles. The summed E-state index contributed by atoms with van der Waals surface area (Å²) in [5, 5.41) is 0. The Hall–Kier alpha value is 0. The summed E-state index contributed by atoms with van der Waals surface area (Å²) in [6, 6.07) is 0. The van der Waals surface area contributed by atoms with E-state index >= 15 is 0 Å². The Labute approximate surface area is 128 Å². The van der Waals surface area contributed by atoms with Crippen molar-refractivity contribution in [2.24, 2.45) is 29.1 Å². The van der Waals surface area contributed by atoms with Gasteiger partial charge in [0.1, 0.15) is 0 Å². The first kappa shape index (κ1) is 16.4. The number of rotatable bonds is 10. The Bertz CT molecular complexity index is 282. The van der Waals surface area contributed by atoms with E-state index in [4.69, 9.17) is 0 Å². The quantitative estimate of drug-likeness (QED) is 0.384. The first-order valence-corrected chi connectivity index (χ1v) is 9.61. The molecule has 0 aromatic heterocycles. The summed E-state index contributed by atoms with van der Waals surface area (Å²) in [6.07, 6.45) is 16.3. The van der Waals surface area contributed by atoms with Gasteiger partial charge in [0.15, 0.2) is 0 Å². The molecule has 0 spiro atoms. The van der Waals surface area contributed by atoms with Crippen molar-refractivity contribution < 1.29 is 0 Å². The van der Waals surface area contributed by atoms with Gasteiger partial charge in [-0.05, 0) is 48.3 Å². The van der Waals surface area contributed by atoms with Crippen LogP contribution in [0.4, 0.5) is 0 Å². The summed E-state index contributed by atoms with van der Waals surface area (Å²) in [5.41, 5.74) is 0.726. The third kappa shape index (κ3) is 3.60. The normalized spacial score (nSPS) is 39.6. The zero-order chi connectivity index (χ0) is 14.6. The standard InChI is InChI=1S/C20H38/c1-5-6-7-8-9-10-11-12-13-18-17(3)19(18)20(4)15-14-16(20)2/h16-19H,5-15H2,1-4H3. The fourth-order valence-electron chi connectivity index (χ4n) is 4.98. The van der Waals surface area contributed by atoms with Gasteiger partial charge in [0.05, 0.1) is 0 Å². The van der Waals surface area contributed by atoms with Crippen LogP contribution in [0.2, 0.25) is 0 Å². The Morgan fingerprint density at radius 3 is 2.00 bits per heavy atom. The second-order valence-electron chi connectivity index (χ2n) is 8.26. The summed E-state index contributed by atoms with van der Waals surface area (Å²) in [4.78, 5) is 0. The SMILES string of the molecule is CCCCCCCCCCC1C(C)C1C1(C)CCC1C. The van der Waals surface area contributed by atoms with E-state index in [9.17, 15) is 0 Å². The molecule has 2 aliphatic rings. The molecule has 0 saturated heterocycles. The van der Waals surface area contributed by atoms with Crippen LogP contribution in [0.5, 0.6) is 0 Å². The first-order chi connectivity index (χ1) is 9.61. The Balaban J connectivity index is 1.51. The first-order valence-electron chi connectivity index (χ1n) is 9.61. The van der Waals surface area contributed by atoms with Crippen molar-refractivity contribution in [1.82, 2.24) is 0 Å². The predicted octanol–water partition coefficient (Wildman–Crippen LogP) is 6.84. The summed E-state index contributed by atoms with van der Waals surface area (Å²) >= 11 is 0. The molecule has 0 N–H and O–H groups in total. The van der Waals surface area contributed by atoms with E-state index < -0.39 is 0 Å². The fraction of sp³-hybridized carbons (Fsp3) is 1.00. The van der Waals surface area contributed by atoms with Crippen LogP contribution in [0.1, 0.15) is 98.3 Å². The van der Waals surface area contributed by atoms with Crippen LogP contribution in [-0.4, -0.2) is 0 Å². The highest BCUT2D eigenvalue weighted by Gasteiger charge is 2.60. The molecule has 118 valence electrons. The third-order valence-corrected chi connectivity index (χ3v) is 6.96. The van der Waals surface area contributed by atoms with Crippen LogP contribution in [0.25, 0.3) is 0 Å². The summed E-state index contributed by atoms with van der Waals surface area (Å²) in [5.74, 6) is 4.20. The molecular weight excluding hydrogens is 240 g/mol. The molecule has 5 atom stereocenters. The highest BCUT2D eigenvalue weighted by atomic mass is 14.6. The van der Waals surface area contributed by atoms with Crippen molar-refractivity contribution >= 4 is 0 Å². The molecule has 0 radical (unpaired) electrons. The Morgan fingerprint density at radius 2 is 1.50 bits per heavy atom. The third-order valence-electron chi connectivity index (χ3n) is 6.96. The lowest BCUT2D eigenvalue weighted by Gasteiger charge is -2.47. The molecule has 0 heteroatoms. The maximum atomic E-state index is 2.58. The van der Waals surface area contributed by atoms with Gasteiger partial charge in [-0.25, -0.2) is 0 Å². The average molecular weight is 279 g/mol. The van der Waals surface area contributed by atoms with Gasteiger partial charge in [0.25, 0.3) is 0 Å². The zero-order valence-corrected chi connectivity index (χ0v) is 14.6. The number of hydrogen-bond acceptors (Lipinski definition) is 0. The van der Waals surface area contributed by atoms with E-state index in [1.807, 2.05) is 0 Å². The minimum Gasteiger partial charge on any atom is -0.0654 e. The molecular formula is C20H38. The Morgan fingerprint density at radius 1 is 0.900 bits per heavy atom. The maximum absolute atomic E-state index is 2.58. The molecule has 20 heavy (non-hydrogen) atoms. The minimum atomic E-state index is 0.726. The summed E-state index contributed by atoms with van der Waals surface area (Å²) < 4.78 is 0. The summed E-state index contributed by atoms with van der Waals surface area (Å²) in [7, 11) is 0. The lowest BCUT2D eigenvalue weighted by atomic mass is 9.58. The molecule has 2 fully saturated rings. The highest BCUT2D eigenvalue weighted by molar-refractivity contribution is 5.08. The molecule has 0 aliphatic heterocycles. The van der Waals surface area contributed by atoms with Gasteiger partial charge in [-0.2, -0.15) is 0 Å². The van der Waals surface area contributed by atoms with E-state index in [0.717, 1.165) is 29.1 Å². The van der Waals surface area contributed by atoms with Crippen molar-refractivity contribution in [3.8, 4) is 0 Å². The molecule has 0 heterocycles. The van der Waals surface area contributed by atoms with Crippen molar-refractivity contribution in [2.45, 2.75) is 98.3 Å². The van der Waals surface area contributed by atoms with Gasteiger partial charge in [-0.3, -0.25) is 0 Å². The van der Waals surface area contributed by atoms with Crippen LogP contribution in [0.15, 0.2) is 0 Å². The fourth-order valence-corrected chi connectivity index (χ4v) is 4.98. The van der Waals surface area contributed by atoms with Crippen molar-refractivity contribution in [3.63, 3.8) is 0 Å². The molecule has 0 amide bonds. The van der Waals surface area contributed by atoms with Crippen molar-refractivity contribution in [1.29, 1.82) is 0 Å². The van der Waals surface area contributed by atoms with E-state index in [-0.39, 0.29) is 0 Å².